The van der Waals surface area contributed by atoms with Crippen molar-refractivity contribution < 1.29 is 23.7 Å². The van der Waals surface area contributed by atoms with Gasteiger partial charge in [-0.05, 0) is 118 Å². The van der Waals surface area contributed by atoms with Crippen LogP contribution in [0.4, 0.5) is 0 Å². The number of phenols is 1. The largest absolute Gasteiger partial charge is 0.507 e. The van der Waals surface area contributed by atoms with Crippen molar-refractivity contribution in [3.63, 3.8) is 0 Å². The van der Waals surface area contributed by atoms with Gasteiger partial charge in [-0.3, -0.25) is 4.79 Å². The number of aromatic hydroxyl groups is 1. The van der Waals surface area contributed by atoms with Gasteiger partial charge in [0.2, 0.25) is 5.43 Å². The summed E-state index contributed by atoms with van der Waals surface area (Å²) in [5, 5.41) is 12.3. The molecule has 1 heterocycles. The molecule has 8 nitrogen and oxygen atoms in total. The Labute approximate surface area is 313 Å². The van der Waals surface area contributed by atoms with E-state index in [1.54, 1.807) is 19.2 Å². The number of ether oxygens (including phenoxy) is 3. The van der Waals surface area contributed by atoms with E-state index < -0.39 is 0 Å². The van der Waals surface area contributed by atoms with E-state index >= 15 is 0 Å². The second kappa shape index (κ2) is 22.5. The fraction of sp³-hybridized carbons (Fsp3) is 0.614. The molecule has 0 fully saturated rings. The molecule has 1 N–H and O–H groups in total. The van der Waals surface area contributed by atoms with Crippen molar-refractivity contribution >= 4 is 21.9 Å². The van der Waals surface area contributed by atoms with Crippen LogP contribution in [0, 0.1) is 0 Å². The number of unbranched alkanes of at least 4 members (excludes halogenated alkanes) is 4. The Morgan fingerprint density at radius 3 is 1.67 bits per heavy atom. The van der Waals surface area contributed by atoms with E-state index in [0.29, 0.717) is 71.0 Å². The Bertz CT molecular complexity index is 1670. The van der Waals surface area contributed by atoms with Gasteiger partial charge in [0.05, 0.1) is 25.7 Å². The third kappa shape index (κ3) is 12.3. The van der Waals surface area contributed by atoms with Crippen molar-refractivity contribution in [3.8, 4) is 23.0 Å². The van der Waals surface area contributed by atoms with Crippen LogP contribution >= 0.6 is 0 Å². The average Bonchev–Trinajstić information content (AvgIpc) is 3.12. The van der Waals surface area contributed by atoms with Gasteiger partial charge in [-0.2, -0.15) is 0 Å². The monoisotopic (exact) mass is 721 g/mol. The van der Waals surface area contributed by atoms with Gasteiger partial charge >= 0.3 is 0 Å². The Morgan fingerprint density at radius 2 is 1.17 bits per heavy atom. The van der Waals surface area contributed by atoms with Gasteiger partial charge in [-0.25, -0.2) is 0 Å². The highest BCUT2D eigenvalue weighted by molar-refractivity contribution is 5.98. The number of phenolic OH excluding ortho intramolecular Hbond substituents is 1. The molecule has 0 aliphatic carbocycles. The Kier molecular flexibility index (Phi) is 18.6. The average molecular weight is 721 g/mol. The Balaban J connectivity index is 2.03. The number of nitrogens with zero attached hydrogens (tertiary/aromatic N) is 2. The summed E-state index contributed by atoms with van der Waals surface area (Å²) < 4.78 is 25.2. The molecule has 0 saturated heterocycles. The molecule has 0 spiro atoms. The van der Waals surface area contributed by atoms with Crippen LogP contribution in [-0.4, -0.2) is 74.5 Å². The van der Waals surface area contributed by atoms with Crippen LogP contribution in [0.15, 0.2) is 44.6 Å². The number of hydrogen-bond acceptors (Lipinski definition) is 8. The SMILES string of the molecule is CCCCN(CC)CCCCOc1cc2oc3cc(OCCCCN(CC)CCCC)c(OC)c(CC=C(C)C)c3c(=O)c2c(O)c1CC=C(C)C. The molecule has 0 aliphatic rings. The van der Waals surface area contributed by atoms with Crippen molar-refractivity contribution in [2.24, 2.45) is 0 Å². The van der Waals surface area contributed by atoms with E-state index in [-0.39, 0.29) is 16.6 Å². The minimum Gasteiger partial charge on any atom is -0.507 e. The summed E-state index contributed by atoms with van der Waals surface area (Å²) in [5.41, 5.74) is 3.91. The third-order valence-corrected chi connectivity index (χ3v) is 9.75. The molecule has 0 saturated carbocycles. The molecule has 2 aromatic carbocycles. The first-order valence-electron chi connectivity index (χ1n) is 19.9. The molecule has 8 heteroatoms. The van der Waals surface area contributed by atoms with Gasteiger partial charge in [-0.15, -0.1) is 0 Å². The molecule has 52 heavy (non-hydrogen) atoms. The van der Waals surface area contributed by atoms with E-state index in [1.165, 1.54) is 25.7 Å². The number of allylic oxidation sites excluding steroid dienone is 4. The number of methoxy groups -OCH3 is 1. The Morgan fingerprint density at radius 1 is 0.692 bits per heavy atom. The smallest absolute Gasteiger partial charge is 0.204 e. The summed E-state index contributed by atoms with van der Waals surface area (Å²) >= 11 is 0. The fourth-order valence-corrected chi connectivity index (χ4v) is 6.53. The topological polar surface area (TPSA) is 84.6 Å². The summed E-state index contributed by atoms with van der Waals surface area (Å²) in [6, 6.07) is 3.55. The number of hydrogen-bond donors (Lipinski definition) is 1. The molecular weight excluding hydrogens is 652 g/mol. The standard InChI is InChI=1S/C44H68N2O6/c1-10-14-24-45(12-3)26-16-18-28-50-36-30-38-41(42(47)34(36)22-20-32(5)6)43(48)40-35(23-21-33(7)8)44(49-9)39(31-37(40)52-38)51-29-19-17-27-46(13-4)25-15-11-2/h20-21,30-31,47H,10-19,22-29H2,1-9H3. The molecule has 0 atom stereocenters. The lowest BCUT2D eigenvalue weighted by Gasteiger charge is -2.20. The maximum absolute atomic E-state index is 14.5. The predicted molar refractivity (Wildman–Crippen MR) is 218 cm³/mol. The predicted octanol–water partition coefficient (Wildman–Crippen LogP) is 10.2. The van der Waals surface area contributed by atoms with E-state index in [0.717, 1.165) is 76.1 Å². The van der Waals surface area contributed by atoms with E-state index in [2.05, 4.69) is 43.6 Å². The normalized spacial score (nSPS) is 11.5. The van der Waals surface area contributed by atoms with Crippen LogP contribution in [0.3, 0.4) is 0 Å². The lowest BCUT2D eigenvalue weighted by molar-refractivity contribution is 0.250. The van der Waals surface area contributed by atoms with Crippen molar-refractivity contribution in [3.05, 3.63) is 56.8 Å². The van der Waals surface area contributed by atoms with Crippen molar-refractivity contribution in [2.45, 2.75) is 120 Å². The number of fused-ring (bicyclic) bond motifs is 2. The zero-order valence-electron chi connectivity index (χ0n) is 33.9. The van der Waals surface area contributed by atoms with Crippen LogP contribution in [-0.2, 0) is 12.8 Å². The van der Waals surface area contributed by atoms with Gasteiger partial charge in [-0.1, -0.05) is 63.8 Å². The van der Waals surface area contributed by atoms with Crippen LogP contribution in [0.2, 0.25) is 0 Å². The molecule has 1 aromatic heterocycles. The number of rotatable bonds is 25. The molecule has 0 bridgehead atoms. The van der Waals surface area contributed by atoms with Crippen LogP contribution in [0.5, 0.6) is 23.0 Å². The van der Waals surface area contributed by atoms with Crippen molar-refractivity contribution in [1.82, 2.24) is 9.80 Å². The molecule has 0 unspecified atom stereocenters. The highest BCUT2D eigenvalue weighted by Crippen LogP contribution is 2.41. The lowest BCUT2D eigenvalue weighted by Crippen LogP contribution is -2.25. The zero-order valence-corrected chi connectivity index (χ0v) is 33.9. The quantitative estimate of drug-likeness (QED) is 0.0526. The molecular formula is C44H68N2O6. The highest BCUT2D eigenvalue weighted by Gasteiger charge is 2.24. The maximum atomic E-state index is 14.5. The van der Waals surface area contributed by atoms with Crippen LogP contribution < -0.4 is 19.6 Å². The molecule has 0 radical (unpaired) electrons. The molecule has 290 valence electrons. The first-order chi connectivity index (χ1) is 25.1. The molecule has 3 rings (SSSR count). The molecule has 3 aromatic rings. The van der Waals surface area contributed by atoms with Gasteiger partial charge in [0.15, 0.2) is 11.5 Å². The van der Waals surface area contributed by atoms with Crippen molar-refractivity contribution in [1.29, 1.82) is 0 Å². The van der Waals surface area contributed by atoms with Crippen LogP contribution in [0.25, 0.3) is 21.9 Å². The van der Waals surface area contributed by atoms with Crippen molar-refractivity contribution in [2.75, 3.05) is 59.6 Å². The Hall–Kier alpha value is -3.49. The summed E-state index contributed by atoms with van der Waals surface area (Å²) in [5.74, 6) is 1.52. The van der Waals surface area contributed by atoms with Crippen LogP contribution in [0.1, 0.15) is 118 Å². The van der Waals surface area contributed by atoms with Gasteiger partial charge in [0.25, 0.3) is 0 Å². The highest BCUT2D eigenvalue weighted by atomic mass is 16.5. The van der Waals surface area contributed by atoms with E-state index in [1.807, 2.05) is 33.8 Å². The fourth-order valence-electron chi connectivity index (χ4n) is 6.53. The second-order valence-corrected chi connectivity index (χ2v) is 14.4. The summed E-state index contributed by atoms with van der Waals surface area (Å²) in [6.45, 7) is 24.4. The van der Waals surface area contributed by atoms with Gasteiger partial charge in [0, 0.05) is 23.3 Å². The molecule has 0 amide bonds. The van der Waals surface area contributed by atoms with E-state index in [9.17, 15) is 9.90 Å². The molecule has 0 aliphatic heterocycles. The first-order valence-corrected chi connectivity index (χ1v) is 19.9. The van der Waals surface area contributed by atoms with Gasteiger partial charge < -0.3 is 33.5 Å². The first kappa shape index (κ1) is 42.9. The van der Waals surface area contributed by atoms with Gasteiger partial charge in [0.1, 0.15) is 28.1 Å². The summed E-state index contributed by atoms with van der Waals surface area (Å²) in [6.07, 6.45) is 13.7. The summed E-state index contributed by atoms with van der Waals surface area (Å²) in [4.78, 5) is 19.5. The lowest BCUT2D eigenvalue weighted by atomic mass is 9.98. The minimum absolute atomic E-state index is 0.0927. The maximum Gasteiger partial charge on any atom is 0.204 e. The number of benzene rings is 2. The third-order valence-electron chi connectivity index (χ3n) is 9.75. The zero-order chi connectivity index (χ0) is 38.0. The van der Waals surface area contributed by atoms with E-state index in [4.69, 9.17) is 18.6 Å². The second-order valence-electron chi connectivity index (χ2n) is 14.4. The minimum atomic E-state index is -0.292. The summed E-state index contributed by atoms with van der Waals surface area (Å²) in [7, 11) is 1.61.